The number of imide groups is 1. The minimum absolute atomic E-state index is 0.0656. The van der Waals surface area contributed by atoms with Crippen molar-refractivity contribution in [2.75, 3.05) is 11.9 Å². The van der Waals surface area contributed by atoms with E-state index >= 15 is 0 Å². The zero-order chi connectivity index (χ0) is 27.1. The number of nitrogens with zero attached hydrogens (tertiary/aromatic N) is 1. The molecule has 8 heteroatoms. The molecule has 0 atom stereocenters. The van der Waals surface area contributed by atoms with Crippen LogP contribution in [0.25, 0.3) is 11.1 Å². The first kappa shape index (κ1) is 24.1. The van der Waals surface area contributed by atoms with Crippen LogP contribution >= 0.6 is 0 Å². The minimum Gasteiger partial charge on any atom is -0.448 e. The maximum Gasteiger partial charge on any atom is 0.411 e. The lowest BCUT2D eigenvalue weighted by atomic mass is 9.98. The van der Waals surface area contributed by atoms with Crippen molar-refractivity contribution in [3.63, 3.8) is 0 Å². The van der Waals surface area contributed by atoms with Gasteiger partial charge in [0.05, 0.1) is 16.7 Å². The van der Waals surface area contributed by atoms with Gasteiger partial charge in [0.15, 0.2) is 0 Å². The normalized spacial score (nSPS) is 13.5. The van der Waals surface area contributed by atoms with Crippen LogP contribution in [-0.2, 0) is 9.57 Å². The molecule has 39 heavy (non-hydrogen) atoms. The Labute approximate surface area is 223 Å². The van der Waals surface area contributed by atoms with Crippen LogP contribution in [0.4, 0.5) is 10.5 Å². The minimum atomic E-state index is -0.866. The van der Waals surface area contributed by atoms with Gasteiger partial charge in [0.1, 0.15) is 6.61 Å². The van der Waals surface area contributed by atoms with E-state index in [1.165, 1.54) is 24.3 Å². The third-order valence-electron chi connectivity index (χ3n) is 6.97. The SMILES string of the molecule is Cc1cc(NC(=O)OCC2c3ccccc3-c3ccccc32)ccc1C(=O)ON1C(=O)c2ccccc2C1=O. The van der Waals surface area contributed by atoms with E-state index in [1.54, 1.807) is 25.1 Å². The van der Waals surface area contributed by atoms with Gasteiger partial charge in [0.25, 0.3) is 11.8 Å². The number of hydroxylamine groups is 2. The number of aryl methyl sites for hydroxylation is 1. The number of carbonyl (C=O) groups is 4. The van der Waals surface area contributed by atoms with E-state index in [9.17, 15) is 19.2 Å². The van der Waals surface area contributed by atoms with Crippen LogP contribution in [-0.4, -0.2) is 35.5 Å². The van der Waals surface area contributed by atoms with Gasteiger partial charge in [-0.3, -0.25) is 14.9 Å². The van der Waals surface area contributed by atoms with Crippen molar-refractivity contribution in [1.82, 2.24) is 5.06 Å². The predicted octanol–water partition coefficient (Wildman–Crippen LogP) is 5.72. The van der Waals surface area contributed by atoms with Crippen molar-refractivity contribution in [3.8, 4) is 11.1 Å². The van der Waals surface area contributed by atoms with E-state index in [0.717, 1.165) is 22.3 Å². The fourth-order valence-corrected chi connectivity index (χ4v) is 5.10. The summed E-state index contributed by atoms with van der Waals surface area (Å²) in [4.78, 5) is 55.5. The molecule has 1 aliphatic heterocycles. The number of hydrogen-bond donors (Lipinski definition) is 1. The van der Waals surface area contributed by atoms with Gasteiger partial charge in [-0.05, 0) is 65.1 Å². The van der Waals surface area contributed by atoms with Crippen molar-refractivity contribution in [2.24, 2.45) is 0 Å². The Bertz CT molecular complexity index is 1600. The Kier molecular flexibility index (Phi) is 5.92. The first-order chi connectivity index (χ1) is 18.9. The molecule has 0 unspecified atom stereocenters. The number of hydrogen-bond acceptors (Lipinski definition) is 6. The number of amides is 3. The first-order valence-electron chi connectivity index (χ1n) is 12.3. The summed E-state index contributed by atoms with van der Waals surface area (Å²) >= 11 is 0. The second kappa shape index (κ2) is 9.57. The van der Waals surface area contributed by atoms with Crippen LogP contribution in [0.5, 0.6) is 0 Å². The molecule has 0 spiro atoms. The maximum atomic E-state index is 12.8. The van der Waals surface area contributed by atoms with Crippen molar-refractivity contribution in [1.29, 1.82) is 0 Å². The molecule has 0 fully saturated rings. The molecule has 6 rings (SSSR count). The average molecular weight is 519 g/mol. The fourth-order valence-electron chi connectivity index (χ4n) is 5.10. The molecule has 0 radical (unpaired) electrons. The lowest BCUT2D eigenvalue weighted by Crippen LogP contribution is -2.32. The maximum absolute atomic E-state index is 12.8. The number of fused-ring (bicyclic) bond motifs is 4. The molecular formula is C31H22N2O6. The highest BCUT2D eigenvalue weighted by Crippen LogP contribution is 2.44. The van der Waals surface area contributed by atoms with Crippen molar-refractivity contribution < 1.29 is 28.8 Å². The van der Waals surface area contributed by atoms with Gasteiger partial charge in [-0.2, -0.15) is 0 Å². The number of anilines is 1. The molecule has 3 amide bonds. The lowest BCUT2D eigenvalue weighted by Gasteiger charge is -2.16. The zero-order valence-corrected chi connectivity index (χ0v) is 20.8. The van der Waals surface area contributed by atoms with E-state index in [0.29, 0.717) is 16.3 Å². The van der Waals surface area contributed by atoms with Crippen molar-refractivity contribution in [3.05, 3.63) is 124 Å². The summed E-state index contributed by atoms with van der Waals surface area (Å²) in [5.74, 6) is -2.33. The van der Waals surface area contributed by atoms with Gasteiger partial charge in [0, 0.05) is 11.6 Å². The lowest BCUT2D eigenvalue weighted by molar-refractivity contribution is -0.0585. The quantitative estimate of drug-likeness (QED) is 0.339. The zero-order valence-electron chi connectivity index (χ0n) is 20.8. The van der Waals surface area contributed by atoms with Crippen LogP contribution in [0.15, 0.2) is 91.0 Å². The van der Waals surface area contributed by atoms with Gasteiger partial charge < -0.3 is 9.57 Å². The molecule has 4 aromatic rings. The van der Waals surface area contributed by atoms with E-state index in [4.69, 9.17) is 9.57 Å². The number of carbonyl (C=O) groups excluding carboxylic acids is 4. The Morgan fingerprint density at radius 2 is 1.31 bits per heavy atom. The van der Waals surface area contributed by atoms with Gasteiger partial charge >= 0.3 is 12.1 Å². The van der Waals surface area contributed by atoms with Gasteiger partial charge in [0.2, 0.25) is 0 Å². The van der Waals surface area contributed by atoms with Crippen LogP contribution in [0.3, 0.4) is 0 Å². The van der Waals surface area contributed by atoms with Crippen LogP contribution < -0.4 is 5.32 Å². The average Bonchev–Trinajstić information content (AvgIpc) is 3.39. The number of nitrogens with one attached hydrogen (secondary N) is 1. The van der Waals surface area contributed by atoms with E-state index in [2.05, 4.69) is 17.4 Å². The number of benzene rings is 4. The molecule has 0 saturated carbocycles. The van der Waals surface area contributed by atoms with Crippen LogP contribution in [0.2, 0.25) is 0 Å². The molecule has 8 nitrogen and oxygen atoms in total. The molecule has 0 aromatic heterocycles. The highest BCUT2D eigenvalue weighted by molar-refractivity contribution is 6.21. The van der Waals surface area contributed by atoms with E-state index < -0.39 is 23.9 Å². The van der Waals surface area contributed by atoms with Crippen LogP contribution in [0.1, 0.15) is 53.7 Å². The molecule has 192 valence electrons. The molecule has 1 aliphatic carbocycles. The topological polar surface area (TPSA) is 102 Å². The Balaban J connectivity index is 1.10. The summed E-state index contributed by atoms with van der Waals surface area (Å²) in [6, 6.07) is 27.0. The van der Waals surface area contributed by atoms with Gasteiger partial charge in [-0.25, -0.2) is 9.59 Å². The second-order valence-electron chi connectivity index (χ2n) is 9.31. The van der Waals surface area contributed by atoms with Gasteiger partial charge in [-0.15, -0.1) is 0 Å². The first-order valence-corrected chi connectivity index (χ1v) is 12.3. The molecule has 4 aromatic carbocycles. The monoisotopic (exact) mass is 518 g/mol. The second-order valence-corrected chi connectivity index (χ2v) is 9.31. The summed E-state index contributed by atoms with van der Waals surface area (Å²) in [7, 11) is 0. The van der Waals surface area contributed by atoms with E-state index in [-0.39, 0.29) is 29.2 Å². The Morgan fingerprint density at radius 3 is 1.87 bits per heavy atom. The highest BCUT2D eigenvalue weighted by Gasteiger charge is 2.39. The summed E-state index contributed by atoms with van der Waals surface area (Å²) in [5, 5.41) is 3.16. The molecular weight excluding hydrogens is 496 g/mol. The number of rotatable bonds is 5. The predicted molar refractivity (Wildman–Crippen MR) is 142 cm³/mol. The standard InChI is InChI=1S/C31H22N2O6/c1-18-16-19(14-15-20(18)30(36)39-33-28(34)25-12-6-7-13-26(25)29(33)35)32-31(37)38-17-27-23-10-4-2-8-21(23)22-9-3-5-11-24(22)27/h2-16,27H,17H2,1H3,(H,32,37). The molecule has 0 saturated heterocycles. The highest BCUT2D eigenvalue weighted by atomic mass is 16.7. The van der Waals surface area contributed by atoms with Crippen molar-refractivity contribution in [2.45, 2.75) is 12.8 Å². The summed E-state index contributed by atoms with van der Waals surface area (Å²) < 4.78 is 5.58. The molecule has 1 heterocycles. The molecule has 2 aliphatic rings. The number of ether oxygens (including phenoxy) is 1. The fraction of sp³-hybridized carbons (Fsp3) is 0.0968. The van der Waals surface area contributed by atoms with Gasteiger partial charge in [-0.1, -0.05) is 65.7 Å². The summed E-state index contributed by atoms with van der Waals surface area (Å²) in [5.41, 5.74) is 5.90. The summed E-state index contributed by atoms with van der Waals surface area (Å²) in [6.07, 6.45) is -0.627. The molecule has 1 N–H and O–H groups in total. The Hall–Kier alpha value is -5.24. The Morgan fingerprint density at radius 1 is 0.769 bits per heavy atom. The third-order valence-corrected chi connectivity index (χ3v) is 6.97. The smallest absolute Gasteiger partial charge is 0.411 e. The summed E-state index contributed by atoms with van der Waals surface area (Å²) in [6.45, 7) is 1.82. The largest absolute Gasteiger partial charge is 0.448 e. The van der Waals surface area contributed by atoms with E-state index in [1.807, 2.05) is 36.4 Å². The van der Waals surface area contributed by atoms with Crippen LogP contribution in [0, 0.1) is 6.92 Å². The van der Waals surface area contributed by atoms with Crippen molar-refractivity contribution >= 4 is 29.6 Å². The third kappa shape index (κ3) is 4.21. The molecule has 0 bridgehead atoms.